The molecule has 0 amide bonds. The smallest absolute Gasteiger partial charge is 0.337 e. The summed E-state index contributed by atoms with van der Waals surface area (Å²) in [5.74, 6) is -2.10. The first kappa shape index (κ1) is 19.2. The Morgan fingerprint density at radius 2 is 2.00 bits per heavy atom. The van der Waals surface area contributed by atoms with Crippen LogP contribution in [0.2, 0.25) is 0 Å². The lowest BCUT2D eigenvalue weighted by Gasteiger charge is -2.32. The highest BCUT2D eigenvalue weighted by Crippen LogP contribution is 2.40. The zero-order valence-corrected chi connectivity index (χ0v) is 14.9. The molecule has 27 heavy (non-hydrogen) atoms. The molecule has 1 aromatic rings. The maximum absolute atomic E-state index is 12.3. The predicted molar refractivity (Wildman–Crippen MR) is 91.3 cm³/mol. The molecule has 8 nitrogen and oxygen atoms in total. The molecule has 1 fully saturated rings. The number of fused-ring (bicyclic) bond motifs is 1. The summed E-state index contributed by atoms with van der Waals surface area (Å²) in [5.41, 5.74) is 1.10. The lowest BCUT2D eigenvalue weighted by molar-refractivity contribution is -0.148. The third kappa shape index (κ3) is 4.40. The van der Waals surface area contributed by atoms with Crippen LogP contribution in [0.3, 0.4) is 0 Å². The highest BCUT2D eigenvalue weighted by molar-refractivity contribution is 5.90. The lowest BCUT2D eigenvalue weighted by Crippen LogP contribution is -2.40. The molecule has 1 aromatic carbocycles. The Bertz CT molecular complexity index is 711. The van der Waals surface area contributed by atoms with Crippen molar-refractivity contribution in [1.29, 1.82) is 0 Å². The molecule has 2 aliphatic rings. The molecule has 1 unspecified atom stereocenters. The van der Waals surface area contributed by atoms with E-state index < -0.39 is 36.2 Å². The number of aromatic hydroxyl groups is 1. The summed E-state index contributed by atoms with van der Waals surface area (Å²) in [6.45, 7) is 0.348. The molecule has 4 atom stereocenters. The molecule has 0 aromatic heterocycles. The van der Waals surface area contributed by atoms with E-state index >= 15 is 0 Å². The van der Waals surface area contributed by atoms with E-state index in [2.05, 4.69) is 0 Å². The van der Waals surface area contributed by atoms with Gasteiger partial charge in [0.05, 0.1) is 44.5 Å². The molecule has 0 saturated carbocycles. The van der Waals surface area contributed by atoms with E-state index in [1.165, 1.54) is 13.4 Å². The number of rotatable bonds is 6. The number of hydrogen-bond acceptors (Lipinski definition) is 8. The molecule has 0 aliphatic carbocycles. The summed E-state index contributed by atoms with van der Waals surface area (Å²) in [4.78, 5) is 24.3. The monoisotopic (exact) mass is 378 g/mol. The van der Waals surface area contributed by atoms with Gasteiger partial charge in [0.25, 0.3) is 0 Å². The molecule has 0 radical (unpaired) electrons. The van der Waals surface area contributed by atoms with E-state index in [1.54, 1.807) is 24.3 Å². The van der Waals surface area contributed by atoms with Crippen LogP contribution >= 0.6 is 0 Å². The third-order valence-electron chi connectivity index (χ3n) is 4.82. The van der Waals surface area contributed by atoms with Crippen LogP contribution in [0, 0.1) is 11.8 Å². The summed E-state index contributed by atoms with van der Waals surface area (Å²) in [7, 11) is 1.24. The Labute approximate surface area is 156 Å². The fourth-order valence-corrected chi connectivity index (χ4v) is 3.39. The van der Waals surface area contributed by atoms with Crippen molar-refractivity contribution < 1.29 is 38.7 Å². The number of carbonyl (C=O) groups excluding carboxylic acids is 2. The Balaban J connectivity index is 1.60. The first-order valence-corrected chi connectivity index (χ1v) is 8.66. The quantitative estimate of drug-likeness (QED) is 0.703. The van der Waals surface area contributed by atoms with Crippen LogP contribution < -0.4 is 0 Å². The number of ether oxygens (including phenoxy) is 4. The van der Waals surface area contributed by atoms with Gasteiger partial charge in [0, 0.05) is 12.3 Å². The second-order valence-electron chi connectivity index (χ2n) is 6.49. The number of benzene rings is 1. The number of phenols is 1. The average molecular weight is 378 g/mol. The minimum absolute atomic E-state index is 0.0958. The molecule has 2 heterocycles. The maximum atomic E-state index is 12.3. The van der Waals surface area contributed by atoms with Gasteiger partial charge >= 0.3 is 11.9 Å². The zero-order chi connectivity index (χ0) is 19.4. The van der Waals surface area contributed by atoms with Gasteiger partial charge in [0.2, 0.25) is 0 Å². The molecule has 2 aliphatic heterocycles. The van der Waals surface area contributed by atoms with Gasteiger partial charge in [-0.05, 0) is 17.7 Å². The highest BCUT2D eigenvalue weighted by Gasteiger charge is 2.49. The number of carbonyl (C=O) groups is 2. The minimum Gasteiger partial charge on any atom is -0.508 e. The van der Waals surface area contributed by atoms with Crippen molar-refractivity contribution in [2.75, 3.05) is 20.3 Å². The largest absolute Gasteiger partial charge is 0.508 e. The summed E-state index contributed by atoms with van der Waals surface area (Å²) in [6, 6.07) is 6.62. The number of esters is 2. The van der Waals surface area contributed by atoms with Crippen molar-refractivity contribution in [3.05, 3.63) is 41.7 Å². The molecule has 0 spiro atoms. The van der Waals surface area contributed by atoms with Crippen LogP contribution in [0.4, 0.5) is 0 Å². The van der Waals surface area contributed by atoms with Crippen LogP contribution in [0.5, 0.6) is 5.75 Å². The van der Waals surface area contributed by atoms with Crippen molar-refractivity contribution in [3.63, 3.8) is 0 Å². The summed E-state index contributed by atoms with van der Waals surface area (Å²) < 4.78 is 20.7. The minimum atomic E-state index is -1.13. The number of phenolic OH excluding ortho intramolecular Hbond substituents is 1. The van der Waals surface area contributed by atoms with Crippen LogP contribution in [0.15, 0.2) is 36.1 Å². The molecule has 1 saturated heterocycles. The second kappa shape index (κ2) is 8.41. The van der Waals surface area contributed by atoms with Crippen LogP contribution in [0.1, 0.15) is 12.0 Å². The molecule has 3 rings (SSSR count). The van der Waals surface area contributed by atoms with E-state index in [1.807, 2.05) is 0 Å². The van der Waals surface area contributed by atoms with Gasteiger partial charge in [-0.2, -0.15) is 0 Å². The van der Waals surface area contributed by atoms with E-state index in [-0.39, 0.29) is 31.0 Å². The average Bonchev–Trinajstić information content (AvgIpc) is 3.04. The zero-order valence-electron chi connectivity index (χ0n) is 14.9. The maximum Gasteiger partial charge on any atom is 0.337 e. The molecular formula is C19H22O8. The Kier molecular flexibility index (Phi) is 5.98. The normalized spacial score (nSPS) is 26.5. The first-order valence-electron chi connectivity index (χ1n) is 8.66. The molecular weight excluding hydrogens is 356 g/mol. The van der Waals surface area contributed by atoms with Gasteiger partial charge in [0.1, 0.15) is 11.9 Å². The van der Waals surface area contributed by atoms with E-state index in [0.29, 0.717) is 6.42 Å². The van der Waals surface area contributed by atoms with Crippen molar-refractivity contribution in [3.8, 4) is 5.75 Å². The fraction of sp³-hybridized carbons (Fsp3) is 0.474. The number of methoxy groups -OCH3 is 1. The van der Waals surface area contributed by atoms with Crippen molar-refractivity contribution in [2.45, 2.75) is 25.2 Å². The highest BCUT2D eigenvalue weighted by atomic mass is 16.6. The Morgan fingerprint density at radius 1 is 1.26 bits per heavy atom. The van der Waals surface area contributed by atoms with Crippen molar-refractivity contribution in [1.82, 2.24) is 0 Å². The standard InChI is InChI=1S/C19H22O8/c1-24-18(22)14-9-26-15-10-27-19(23)17(15)13(14)8-16(21)25-7-6-11-2-4-12(20)5-3-11/h2-5,9,13,15,17,19-20,23H,6-8,10H2,1H3/t13-,15-,17-,19?/m1/s1. The Morgan fingerprint density at radius 3 is 2.70 bits per heavy atom. The van der Waals surface area contributed by atoms with E-state index in [4.69, 9.17) is 18.9 Å². The van der Waals surface area contributed by atoms with E-state index in [0.717, 1.165) is 5.56 Å². The van der Waals surface area contributed by atoms with Gasteiger partial charge < -0.3 is 29.2 Å². The van der Waals surface area contributed by atoms with Gasteiger partial charge in [-0.25, -0.2) is 4.79 Å². The predicted octanol–water partition coefficient (Wildman–Crippen LogP) is 0.905. The van der Waals surface area contributed by atoms with Crippen LogP contribution in [-0.2, 0) is 35.0 Å². The van der Waals surface area contributed by atoms with Gasteiger partial charge in [0.15, 0.2) is 6.29 Å². The van der Waals surface area contributed by atoms with Crippen LogP contribution in [0.25, 0.3) is 0 Å². The van der Waals surface area contributed by atoms with Crippen LogP contribution in [-0.4, -0.2) is 54.9 Å². The molecule has 8 heteroatoms. The topological polar surface area (TPSA) is 112 Å². The summed E-state index contributed by atoms with van der Waals surface area (Å²) in [5, 5.41) is 19.3. The fourth-order valence-electron chi connectivity index (χ4n) is 3.39. The van der Waals surface area contributed by atoms with Crippen molar-refractivity contribution in [2.24, 2.45) is 11.8 Å². The van der Waals surface area contributed by atoms with Gasteiger partial charge in [-0.1, -0.05) is 12.1 Å². The first-order chi connectivity index (χ1) is 13.0. The SMILES string of the molecule is COC(=O)C1=CO[C@@H]2COC(O)[C@@H]2[C@@H]1CC(=O)OCCc1ccc(O)cc1. The molecule has 0 bridgehead atoms. The summed E-state index contributed by atoms with van der Waals surface area (Å²) >= 11 is 0. The number of hydrogen-bond donors (Lipinski definition) is 2. The molecule has 2 N–H and O–H groups in total. The second-order valence-corrected chi connectivity index (χ2v) is 6.49. The Hall–Kier alpha value is -2.58. The van der Waals surface area contributed by atoms with Gasteiger partial charge in [-0.3, -0.25) is 4.79 Å². The number of aliphatic hydroxyl groups excluding tert-OH is 1. The van der Waals surface area contributed by atoms with Gasteiger partial charge in [-0.15, -0.1) is 0 Å². The third-order valence-corrected chi connectivity index (χ3v) is 4.82. The number of aliphatic hydroxyl groups is 1. The summed E-state index contributed by atoms with van der Waals surface area (Å²) in [6.07, 6.45) is 0.128. The molecule has 146 valence electrons. The van der Waals surface area contributed by atoms with Crippen molar-refractivity contribution >= 4 is 11.9 Å². The lowest BCUT2D eigenvalue weighted by atomic mass is 9.79. The van der Waals surface area contributed by atoms with E-state index in [9.17, 15) is 19.8 Å².